The van der Waals surface area contributed by atoms with E-state index in [-0.39, 0.29) is 25.7 Å². The topological polar surface area (TPSA) is 104 Å². The molecule has 0 saturated carbocycles. The Hall–Kier alpha value is -0.0500. The summed E-state index contributed by atoms with van der Waals surface area (Å²) in [6.45, 7) is 4.18. The summed E-state index contributed by atoms with van der Waals surface area (Å²) in [4.78, 5) is 9.17. The molecule has 0 aromatic rings. The molecule has 134 valence electrons. The minimum Gasteiger partial charge on any atom is -0.396 e. The van der Waals surface area contributed by atoms with Gasteiger partial charge in [-0.3, -0.25) is 9.05 Å². The quantitative estimate of drug-likeness (QED) is 0.318. The summed E-state index contributed by atoms with van der Waals surface area (Å²) in [5.41, 5.74) is 0. The lowest BCUT2D eigenvalue weighted by molar-refractivity contribution is 0.00877. The second-order valence-electron chi connectivity index (χ2n) is 4.62. The lowest BCUT2D eigenvalue weighted by Crippen LogP contribution is -2.21. The molecule has 0 aromatic heterocycles. The van der Waals surface area contributed by atoms with Crippen molar-refractivity contribution >= 4 is 7.82 Å². The Bertz CT molecular complexity index is 289. The van der Waals surface area contributed by atoms with Gasteiger partial charge in [-0.25, -0.2) is 4.57 Å². The first-order valence-corrected chi connectivity index (χ1v) is 8.92. The third-order valence-electron chi connectivity index (χ3n) is 2.58. The molecule has 2 atom stereocenters. The maximum absolute atomic E-state index is 11.2. The summed E-state index contributed by atoms with van der Waals surface area (Å²) in [6, 6.07) is 0. The van der Waals surface area contributed by atoms with Crippen LogP contribution in [0.15, 0.2) is 0 Å². The minimum absolute atomic E-state index is 0.0169. The number of phosphoric ester groups is 1. The molecule has 0 fully saturated rings. The highest BCUT2D eigenvalue weighted by Crippen LogP contribution is 2.42. The smallest absolute Gasteiger partial charge is 0.396 e. The van der Waals surface area contributed by atoms with Crippen molar-refractivity contribution in [2.45, 2.75) is 19.8 Å². The maximum atomic E-state index is 11.2. The number of aliphatic hydroxyl groups is 1. The van der Waals surface area contributed by atoms with E-state index >= 15 is 0 Å². The molecule has 0 aromatic carbocycles. The van der Waals surface area contributed by atoms with Gasteiger partial charge in [0.1, 0.15) is 0 Å². The fraction of sp³-hybridized carbons (Fsp3) is 1.00. The van der Waals surface area contributed by atoms with Crippen molar-refractivity contribution in [1.29, 1.82) is 0 Å². The molecule has 0 heterocycles. The van der Waals surface area contributed by atoms with Gasteiger partial charge in [-0.05, 0) is 19.8 Å². The van der Waals surface area contributed by atoms with Gasteiger partial charge < -0.3 is 24.2 Å². The van der Waals surface area contributed by atoms with Gasteiger partial charge in [0.15, 0.2) is 0 Å². The highest BCUT2D eigenvalue weighted by molar-refractivity contribution is 7.47. The molecule has 0 rings (SSSR count). The summed E-state index contributed by atoms with van der Waals surface area (Å²) in [5.74, 6) is -0.0872. The summed E-state index contributed by atoms with van der Waals surface area (Å²) >= 11 is 0. The first-order valence-electron chi connectivity index (χ1n) is 7.42. The average Bonchev–Trinajstić information content (AvgIpc) is 2.48. The van der Waals surface area contributed by atoms with Crippen molar-refractivity contribution in [1.82, 2.24) is 0 Å². The van der Waals surface area contributed by atoms with Gasteiger partial charge in [0.2, 0.25) is 0 Å². The lowest BCUT2D eigenvalue weighted by Gasteiger charge is -2.15. The van der Waals surface area contributed by atoms with Gasteiger partial charge in [0.25, 0.3) is 0 Å². The standard InChI is InChI=1S/C13H29O8P/c1-3-20-22(15,16)21-9-5-8-19-12-13(10-14)11-18-7-4-6-17-2/h13-14H,3-12H2,1-2H3,(H,15,16). The van der Waals surface area contributed by atoms with Crippen LogP contribution < -0.4 is 0 Å². The Morgan fingerprint density at radius 1 is 1.00 bits per heavy atom. The zero-order valence-corrected chi connectivity index (χ0v) is 14.3. The molecule has 22 heavy (non-hydrogen) atoms. The summed E-state index contributed by atoms with van der Waals surface area (Å²) in [7, 11) is -2.28. The van der Waals surface area contributed by atoms with E-state index in [1.165, 1.54) is 0 Å². The van der Waals surface area contributed by atoms with E-state index in [0.717, 1.165) is 6.42 Å². The van der Waals surface area contributed by atoms with E-state index in [4.69, 9.17) is 23.6 Å². The zero-order valence-electron chi connectivity index (χ0n) is 13.4. The van der Waals surface area contributed by atoms with Crippen molar-refractivity contribution in [2.24, 2.45) is 5.92 Å². The molecule has 0 aliphatic heterocycles. The molecule has 2 N–H and O–H groups in total. The highest BCUT2D eigenvalue weighted by Gasteiger charge is 2.19. The summed E-state index contributed by atoms with van der Waals surface area (Å²) in [5, 5.41) is 9.20. The molecule has 0 saturated heterocycles. The van der Waals surface area contributed by atoms with Crippen LogP contribution in [0.1, 0.15) is 19.8 Å². The Morgan fingerprint density at radius 3 is 2.09 bits per heavy atom. The molecule has 9 heteroatoms. The molecule has 2 unspecified atom stereocenters. The summed E-state index contributed by atoms with van der Waals surface area (Å²) < 4.78 is 36.2. The lowest BCUT2D eigenvalue weighted by atomic mass is 10.2. The van der Waals surface area contributed by atoms with Gasteiger partial charge in [0, 0.05) is 32.8 Å². The fourth-order valence-corrected chi connectivity index (χ4v) is 2.26. The van der Waals surface area contributed by atoms with E-state index in [9.17, 15) is 9.67 Å². The largest absolute Gasteiger partial charge is 0.472 e. The van der Waals surface area contributed by atoms with E-state index < -0.39 is 7.82 Å². The fourth-order valence-electron chi connectivity index (χ4n) is 1.50. The molecule has 0 spiro atoms. The van der Waals surface area contributed by atoms with Gasteiger partial charge in [-0.1, -0.05) is 0 Å². The van der Waals surface area contributed by atoms with Crippen LogP contribution in [0.4, 0.5) is 0 Å². The zero-order chi connectivity index (χ0) is 16.7. The van der Waals surface area contributed by atoms with Crippen LogP contribution in [0.5, 0.6) is 0 Å². The van der Waals surface area contributed by atoms with Gasteiger partial charge in [-0.15, -0.1) is 0 Å². The van der Waals surface area contributed by atoms with Crippen LogP contribution in [0.3, 0.4) is 0 Å². The molecular weight excluding hydrogens is 315 g/mol. The first kappa shape index (κ1) is 21.9. The molecular formula is C13H29O8P. The number of hydrogen-bond acceptors (Lipinski definition) is 7. The molecule has 0 aliphatic rings. The van der Waals surface area contributed by atoms with Crippen LogP contribution in [-0.4, -0.2) is 70.0 Å². The van der Waals surface area contributed by atoms with Crippen molar-refractivity contribution < 1.29 is 37.8 Å². The van der Waals surface area contributed by atoms with Crippen molar-refractivity contribution in [3.8, 4) is 0 Å². The number of aliphatic hydroxyl groups excluding tert-OH is 1. The van der Waals surface area contributed by atoms with Crippen molar-refractivity contribution in [3.05, 3.63) is 0 Å². The number of ether oxygens (including phenoxy) is 3. The van der Waals surface area contributed by atoms with Crippen LogP contribution in [0.25, 0.3) is 0 Å². The van der Waals surface area contributed by atoms with E-state index in [2.05, 4.69) is 4.52 Å². The number of methoxy groups -OCH3 is 1. The predicted molar refractivity (Wildman–Crippen MR) is 80.7 cm³/mol. The highest BCUT2D eigenvalue weighted by atomic mass is 31.2. The number of rotatable bonds is 16. The Kier molecular flexibility index (Phi) is 14.5. The molecule has 0 radical (unpaired) electrons. The van der Waals surface area contributed by atoms with Gasteiger partial charge >= 0.3 is 7.82 Å². The Balaban J connectivity index is 3.52. The molecule has 0 aliphatic carbocycles. The third kappa shape index (κ3) is 13.6. The van der Waals surface area contributed by atoms with Crippen molar-refractivity contribution in [3.63, 3.8) is 0 Å². The average molecular weight is 344 g/mol. The maximum Gasteiger partial charge on any atom is 0.472 e. The SMILES string of the molecule is CCOP(=O)(O)OCCCOCC(CO)COCCCOC. The second-order valence-corrected chi connectivity index (χ2v) is 6.07. The van der Waals surface area contributed by atoms with E-state index in [1.54, 1.807) is 14.0 Å². The Labute approximate surface area is 132 Å². The van der Waals surface area contributed by atoms with Crippen LogP contribution >= 0.6 is 7.82 Å². The molecule has 8 nitrogen and oxygen atoms in total. The van der Waals surface area contributed by atoms with Gasteiger partial charge in [-0.2, -0.15) is 0 Å². The number of hydrogen-bond donors (Lipinski definition) is 2. The third-order valence-corrected chi connectivity index (χ3v) is 3.68. The molecule has 0 amide bonds. The number of phosphoric acid groups is 1. The van der Waals surface area contributed by atoms with Crippen LogP contribution in [-0.2, 0) is 27.8 Å². The Morgan fingerprint density at radius 2 is 1.59 bits per heavy atom. The second kappa shape index (κ2) is 14.5. The van der Waals surface area contributed by atoms with Crippen molar-refractivity contribution in [2.75, 3.05) is 60.0 Å². The van der Waals surface area contributed by atoms with E-state index in [0.29, 0.717) is 39.5 Å². The van der Waals surface area contributed by atoms with Crippen LogP contribution in [0.2, 0.25) is 0 Å². The first-order chi connectivity index (χ1) is 10.6. The summed E-state index contributed by atoms with van der Waals surface area (Å²) in [6.07, 6.45) is 1.28. The predicted octanol–water partition coefficient (Wildman–Crippen LogP) is 1.21. The molecule has 0 bridgehead atoms. The van der Waals surface area contributed by atoms with E-state index in [1.807, 2.05) is 0 Å². The van der Waals surface area contributed by atoms with Gasteiger partial charge in [0.05, 0.1) is 33.0 Å². The van der Waals surface area contributed by atoms with Crippen LogP contribution in [0, 0.1) is 5.92 Å². The normalized spacial score (nSPS) is 15.6. The minimum atomic E-state index is -3.92. The monoisotopic (exact) mass is 344 g/mol.